The molecule has 0 aliphatic carbocycles. The molecule has 0 fully saturated rings. The zero-order valence-corrected chi connectivity index (χ0v) is 8.73. The van der Waals surface area contributed by atoms with E-state index in [4.69, 9.17) is 5.26 Å². The van der Waals surface area contributed by atoms with Crippen LogP contribution in [0.25, 0.3) is 0 Å². The molecule has 0 spiro atoms. The predicted molar refractivity (Wildman–Crippen MR) is 51.5 cm³/mol. The van der Waals surface area contributed by atoms with Gasteiger partial charge in [-0.25, -0.2) is 0 Å². The van der Waals surface area contributed by atoms with Crippen molar-refractivity contribution in [2.24, 2.45) is 5.92 Å². The first-order chi connectivity index (χ1) is 7.11. The Labute approximate surface area is 88.3 Å². The van der Waals surface area contributed by atoms with Gasteiger partial charge in [0.15, 0.2) is 0 Å². The second kappa shape index (κ2) is 7.56. The average Bonchev–Trinajstić information content (AvgIpc) is 2.22. The zero-order valence-electron chi connectivity index (χ0n) is 8.73. The number of nitrogens with zero attached hydrogens (tertiary/aromatic N) is 1. The van der Waals surface area contributed by atoms with Crippen LogP contribution in [-0.2, 0) is 19.1 Å². The number of esters is 2. The number of ether oxygens (including phenoxy) is 2. The summed E-state index contributed by atoms with van der Waals surface area (Å²) in [6.45, 7) is 1.45. The number of nitriles is 1. The summed E-state index contributed by atoms with van der Waals surface area (Å²) in [6, 6.07) is 1.82. The molecule has 0 aromatic heterocycles. The third-order valence-electron chi connectivity index (χ3n) is 1.56. The van der Waals surface area contributed by atoms with Crippen molar-refractivity contribution in [3.05, 3.63) is 12.2 Å². The topological polar surface area (TPSA) is 76.4 Å². The van der Waals surface area contributed by atoms with Crippen molar-refractivity contribution in [1.29, 1.82) is 5.26 Å². The van der Waals surface area contributed by atoms with Crippen LogP contribution in [0.3, 0.4) is 0 Å². The van der Waals surface area contributed by atoms with Gasteiger partial charge in [0.2, 0.25) is 0 Å². The molecule has 15 heavy (non-hydrogen) atoms. The molecule has 5 nitrogen and oxygen atoms in total. The van der Waals surface area contributed by atoms with E-state index >= 15 is 0 Å². The molecule has 0 aliphatic rings. The highest BCUT2D eigenvalue weighted by Crippen LogP contribution is 2.04. The van der Waals surface area contributed by atoms with Crippen LogP contribution in [0.5, 0.6) is 0 Å². The fraction of sp³-hybridized carbons (Fsp3) is 0.500. The first-order valence-electron chi connectivity index (χ1n) is 4.37. The van der Waals surface area contributed by atoms with Gasteiger partial charge >= 0.3 is 11.9 Å². The zero-order chi connectivity index (χ0) is 11.7. The van der Waals surface area contributed by atoms with Gasteiger partial charge in [-0.2, -0.15) is 5.26 Å². The molecule has 0 aromatic carbocycles. The van der Waals surface area contributed by atoms with Crippen molar-refractivity contribution in [1.82, 2.24) is 0 Å². The summed E-state index contributed by atoms with van der Waals surface area (Å²) < 4.78 is 9.04. The molecular weight excluding hydrogens is 198 g/mol. The van der Waals surface area contributed by atoms with E-state index in [1.54, 1.807) is 12.2 Å². The Bertz CT molecular complexity index is 290. The van der Waals surface area contributed by atoms with Crippen LogP contribution >= 0.6 is 0 Å². The van der Waals surface area contributed by atoms with E-state index in [2.05, 4.69) is 9.47 Å². The van der Waals surface area contributed by atoms with Gasteiger partial charge in [-0.05, 0) is 6.42 Å². The van der Waals surface area contributed by atoms with Gasteiger partial charge in [0, 0.05) is 6.92 Å². The maximum atomic E-state index is 11.0. The van der Waals surface area contributed by atoms with Crippen molar-refractivity contribution in [3.8, 4) is 6.07 Å². The highest BCUT2D eigenvalue weighted by Gasteiger charge is 2.15. The Morgan fingerprint density at radius 2 is 2.13 bits per heavy atom. The fourth-order valence-electron chi connectivity index (χ4n) is 0.810. The number of carbonyl (C=O) groups is 2. The van der Waals surface area contributed by atoms with E-state index in [0.717, 1.165) is 0 Å². The molecule has 0 bridgehead atoms. The van der Waals surface area contributed by atoms with Crippen molar-refractivity contribution in [2.45, 2.75) is 13.3 Å². The lowest BCUT2D eigenvalue weighted by Crippen LogP contribution is -2.13. The standard InChI is InChI=1S/C10H13NO4/c1-8(12)15-6-4-3-5-9(7-11)10(13)14-2/h3-4,9H,5-6H2,1-2H3/b4-3+. The second-order valence-corrected chi connectivity index (χ2v) is 2.71. The van der Waals surface area contributed by atoms with Crippen LogP contribution in [0.1, 0.15) is 13.3 Å². The Hall–Kier alpha value is -1.83. The largest absolute Gasteiger partial charge is 0.468 e. The molecule has 0 aliphatic heterocycles. The molecule has 0 radical (unpaired) electrons. The van der Waals surface area contributed by atoms with Gasteiger partial charge < -0.3 is 9.47 Å². The minimum Gasteiger partial charge on any atom is -0.468 e. The van der Waals surface area contributed by atoms with E-state index in [9.17, 15) is 9.59 Å². The lowest BCUT2D eigenvalue weighted by molar-refractivity contribution is -0.143. The molecule has 0 saturated carbocycles. The Morgan fingerprint density at radius 1 is 1.47 bits per heavy atom. The maximum absolute atomic E-state index is 11.0. The van der Waals surface area contributed by atoms with Crippen molar-refractivity contribution in [3.63, 3.8) is 0 Å². The summed E-state index contributed by atoms with van der Waals surface area (Å²) in [7, 11) is 1.23. The van der Waals surface area contributed by atoms with Gasteiger partial charge in [-0.1, -0.05) is 12.2 Å². The number of hydrogen-bond acceptors (Lipinski definition) is 5. The normalized spacial score (nSPS) is 11.8. The third kappa shape index (κ3) is 6.27. The third-order valence-corrected chi connectivity index (χ3v) is 1.56. The number of allylic oxidation sites excluding steroid dienone is 1. The summed E-state index contributed by atoms with van der Waals surface area (Å²) in [6.07, 6.45) is 3.44. The Morgan fingerprint density at radius 3 is 2.60 bits per heavy atom. The van der Waals surface area contributed by atoms with Gasteiger partial charge in [-0.3, -0.25) is 9.59 Å². The van der Waals surface area contributed by atoms with Crippen molar-refractivity contribution >= 4 is 11.9 Å². The quantitative estimate of drug-likeness (QED) is 0.496. The molecule has 0 rings (SSSR count). The van der Waals surface area contributed by atoms with Crippen molar-refractivity contribution < 1.29 is 19.1 Å². The fourth-order valence-corrected chi connectivity index (χ4v) is 0.810. The molecule has 5 heteroatoms. The van der Waals surface area contributed by atoms with Crippen molar-refractivity contribution in [2.75, 3.05) is 13.7 Å². The van der Waals surface area contributed by atoms with E-state index < -0.39 is 11.9 Å². The van der Waals surface area contributed by atoms with Gasteiger partial charge in [0.05, 0.1) is 13.2 Å². The van der Waals surface area contributed by atoms with Gasteiger partial charge in [0.25, 0.3) is 0 Å². The summed E-state index contributed by atoms with van der Waals surface area (Å²) in [4.78, 5) is 21.3. The minimum absolute atomic E-state index is 0.147. The average molecular weight is 211 g/mol. The van der Waals surface area contributed by atoms with Crippen LogP contribution in [0.4, 0.5) is 0 Å². The molecule has 82 valence electrons. The lowest BCUT2D eigenvalue weighted by atomic mass is 10.1. The molecule has 0 N–H and O–H groups in total. The molecule has 0 saturated heterocycles. The number of methoxy groups -OCH3 is 1. The number of carbonyl (C=O) groups excluding carboxylic acids is 2. The Balaban J connectivity index is 3.87. The Kier molecular flexibility index (Phi) is 6.64. The smallest absolute Gasteiger partial charge is 0.323 e. The highest BCUT2D eigenvalue weighted by atomic mass is 16.5. The first kappa shape index (κ1) is 13.2. The van der Waals surface area contributed by atoms with Crippen LogP contribution in [-0.4, -0.2) is 25.7 Å². The minimum atomic E-state index is -0.802. The monoisotopic (exact) mass is 211 g/mol. The molecule has 0 heterocycles. The summed E-state index contributed by atoms with van der Waals surface area (Å²) in [5.41, 5.74) is 0. The molecule has 1 unspecified atom stereocenters. The molecule has 0 aromatic rings. The number of hydrogen-bond donors (Lipinski definition) is 0. The summed E-state index contributed by atoms with van der Waals surface area (Å²) in [5.74, 6) is -1.73. The van der Waals surface area contributed by atoms with E-state index in [1.165, 1.54) is 14.0 Å². The number of rotatable bonds is 5. The SMILES string of the molecule is COC(=O)C(C#N)C/C=C/COC(C)=O. The molecular formula is C10H13NO4. The summed E-state index contributed by atoms with van der Waals surface area (Å²) >= 11 is 0. The predicted octanol–water partition coefficient (Wildman–Crippen LogP) is 0.809. The van der Waals surface area contributed by atoms with Crippen LogP contribution in [0, 0.1) is 17.2 Å². The summed E-state index contributed by atoms with van der Waals surface area (Å²) in [5, 5.41) is 8.60. The lowest BCUT2D eigenvalue weighted by Gasteiger charge is -2.02. The van der Waals surface area contributed by atoms with E-state index in [0.29, 0.717) is 0 Å². The maximum Gasteiger partial charge on any atom is 0.323 e. The van der Waals surface area contributed by atoms with E-state index in [-0.39, 0.29) is 19.0 Å². The van der Waals surface area contributed by atoms with Crippen LogP contribution in [0.15, 0.2) is 12.2 Å². The first-order valence-corrected chi connectivity index (χ1v) is 4.37. The van der Waals surface area contributed by atoms with Gasteiger partial charge in [-0.15, -0.1) is 0 Å². The van der Waals surface area contributed by atoms with Crippen LogP contribution in [0.2, 0.25) is 0 Å². The highest BCUT2D eigenvalue weighted by molar-refractivity contribution is 5.75. The second-order valence-electron chi connectivity index (χ2n) is 2.71. The molecule has 0 amide bonds. The van der Waals surface area contributed by atoms with Crippen LogP contribution < -0.4 is 0 Å². The van der Waals surface area contributed by atoms with E-state index in [1.807, 2.05) is 6.07 Å². The molecule has 1 atom stereocenters. The van der Waals surface area contributed by atoms with Gasteiger partial charge in [0.1, 0.15) is 12.5 Å².